The molecule has 0 radical (unpaired) electrons. The Morgan fingerprint density at radius 1 is 1.17 bits per heavy atom. The van der Waals surface area contributed by atoms with Crippen LogP contribution in [0, 0.1) is 0 Å². The molecule has 1 aliphatic rings. The first kappa shape index (κ1) is 20.5. The summed E-state index contributed by atoms with van der Waals surface area (Å²) < 4.78 is 15.8. The molecule has 0 aliphatic carbocycles. The Hall–Kier alpha value is -3.26. The van der Waals surface area contributed by atoms with Gasteiger partial charge in [0.05, 0.1) is 31.2 Å². The lowest BCUT2D eigenvalue weighted by Gasteiger charge is -2.13. The summed E-state index contributed by atoms with van der Waals surface area (Å²) in [7, 11) is 4.40. The summed E-state index contributed by atoms with van der Waals surface area (Å²) in [5.41, 5.74) is 1.52. The Labute approximate surface area is 172 Å². The van der Waals surface area contributed by atoms with Gasteiger partial charge < -0.3 is 24.8 Å². The first-order valence-corrected chi connectivity index (χ1v) is 9.04. The van der Waals surface area contributed by atoms with Crippen LogP contribution in [0.4, 0.5) is 5.69 Å². The number of carbonyl (C=O) groups excluding carboxylic acids is 3. The number of nitrogens with one attached hydrogen (secondary N) is 2. The summed E-state index contributed by atoms with van der Waals surface area (Å²) in [5, 5.41) is 5.38. The van der Waals surface area contributed by atoms with Crippen LogP contribution in [-0.4, -0.2) is 39.1 Å². The highest BCUT2D eigenvalue weighted by Crippen LogP contribution is 2.43. The number of halogens is 1. The molecule has 8 nitrogen and oxygen atoms in total. The van der Waals surface area contributed by atoms with E-state index < -0.39 is 12.1 Å². The molecule has 9 heteroatoms. The molecular formula is C20H19ClN2O6. The minimum atomic E-state index is -0.752. The van der Waals surface area contributed by atoms with E-state index in [1.165, 1.54) is 33.4 Å². The molecular weight excluding hydrogens is 400 g/mol. The van der Waals surface area contributed by atoms with Crippen molar-refractivity contribution in [3.8, 4) is 11.5 Å². The van der Waals surface area contributed by atoms with E-state index in [1.807, 2.05) is 0 Å². The minimum absolute atomic E-state index is 0.0942. The van der Waals surface area contributed by atoms with E-state index in [0.29, 0.717) is 22.6 Å². The Morgan fingerprint density at radius 2 is 1.93 bits per heavy atom. The summed E-state index contributed by atoms with van der Waals surface area (Å²) in [6, 6.07) is 7.89. The van der Waals surface area contributed by atoms with Gasteiger partial charge in [0.25, 0.3) is 5.91 Å². The van der Waals surface area contributed by atoms with Crippen LogP contribution in [-0.2, 0) is 9.53 Å². The average molecular weight is 419 g/mol. The van der Waals surface area contributed by atoms with Crippen molar-refractivity contribution in [3.63, 3.8) is 0 Å². The van der Waals surface area contributed by atoms with Crippen molar-refractivity contribution in [2.75, 3.05) is 26.6 Å². The van der Waals surface area contributed by atoms with E-state index in [2.05, 4.69) is 10.6 Å². The molecule has 29 heavy (non-hydrogen) atoms. The topological polar surface area (TPSA) is 103 Å². The standard InChI is InChI=1S/C20H19ClN2O6/c1-22-19(25)11-5-4-10(8-13(11)21)23-16(24)9-15-12-6-7-14(27-2)18(28-3)17(12)20(26)29-15/h4-8,15H,9H2,1-3H3,(H,22,25)(H,23,24)/t15-/m0/s1. The van der Waals surface area contributed by atoms with Crippen molar-refractivity contribution in [2.24, 2.45) is 0 Å². The number of hydrogen-bond acceptors (Lipinski definition) is 6. The zero-order valence-corrected chi connectivity index (χ0v) is 16.8. The lowest BCUT2D eigenvalue weighted by Crippen LogP contribution is -2.19. The quantitative estimate of drug-likeness (QED) is 0.699. The van der Waals surface area contributed by atoms with E-state index in [0.717, 1.165) is 0 Å². The van der Waals surface area contributed by atoms with Crippen LogP contribution < -0.4 is 20.1 Å². The van der Waals surface area contributed by atoms with Gasteiger partial charge in [-0.25, -0.2) is 4.79 Å². The third-order valence-electron chi connectivity index (χ3n) is 4.47. The van der Waals surface area contributed by atoms with E-state index in [-0.39, 0.29) is 34.6 Å². The van der Waals surface area contributed by atoms with E-state index in [9.17, 15) is 14.4 Å². The van der Waals surface area contributed by atoms with Crippen molar-refractivity contribution in [3.05, 3.63) is 52.0 Å². The molecule has 3 rings (SSSR count). The molecule has 1 aliphatic heterocycles. The van der Waals surface area contributed by atoms with Crippen LogP contribution in [0.2, 0.25) is 5.02 Å². The normalized spacial score (nSPS) is 14.6. The van der Waals surface area contributed by atoms with Crippen LogP contribution in [0.1, 0.15) is 38.8 Å². The largest absolute Gasteiger partial charge is 0.493 e. The van der Waals surface area contributed by atoms with Gasteiger partial charge in [-0.2, -0.15) is 0 Å². The number of hydrogen-bond donors (Lipinski definition) is 2. The minimum Gasteiger partial charge on any atom is -0.493 e. The van der Waals surface area contributed by atoms with E-state index in [1.54, 1.807) is 18.2 Å². The summed E-state index contributed by atoms with van der Waals surface area (Å²) in [4.78, 5) is 36.5. The smallest absolute Gasteiger partial charge is 0.343 e. The van der Waals surface area contributed by atoms with Gasteiger partial charge in [0.2, 0.25) is 5.91 Å². The second-order valence-electron chi connectivity index (χ2n) is 6.19. The molecule has 2 aromatic rings. The fraction of sp³-hybridized carbons (Fsp3) is 0.250. The Bertz CT molecular complexity index is 991. The van der Waals surface area contributed by atoms with E-state index >= 15 is 0 Å². The number of esters is 1. The fourth-order valence-electron chi connectivity index (χ4n) is 3.12. The van der Waals surface area contributed by atoms with Crippen molar-refractivity contribution in [1.29, 1.82) is 0 Å². The molecule has 0 saturated heterocycles. The first-order chi connectivity index (χ1) is 13.9. The highest BCUT2D eigenvalue weighted by atomic mass is 35.5. The second-order valence-corrected chi connectivity index (χ2v) is 6.59. The molecule has 1 heterocycles. The molecule has 1 atom stereocenters. The third kappa shape index (κ3) is 3.97. The SMILES string of the molecule is CNC(=O)c1ccc(NC(=O)C[C@@H]2OC(=O)c3c2ccc(OC)c3OC)cc1Cl. The van der Waals surface area contributed by atoms with Crippen molar-refractivity contribution in [1.82, 2.24) is 5.32 Å². The predicted octanol–water partition coefficient (Wildman–Crippen LogP) is 2.96. The maximum atomic E-state index is 12.5. The Morgan fingerprint density at radius 3 is 2.55 bits per heavy atom. The molecule has 0 bridgehead atoms. The van der Waals surface area contributed by atoms with Crippen molar-refractivity contribution in [2.45, 2.75) is 12.5 Å². The lowest BCUT2D eigenvalue weighted by atomic mass is 10.0. The lowest BCUT2D eigenvalue weighted by molar-refractivity contribution is -0.118. The van der Waals surface area contributed by atoms with Crippen LogP contribution in [0.15, 0.2) is 30.3 Å². The summed E-state index contributed by atoms with van der Waals surface area (Å²) in [5.74, 6) is -0.610. The summed E-state index contributed by atoms with van der Waals surface area (Å²) in [6.07, 6.45) is -0.846. The Balaban J connectivity index is 1.76. The molecule has 152 valence electrons. The fourth-order valence-corrected chi connectivity index (χ4v) is 3.38. The Kier molecular flexibility index (Phi) is 5.93. The molecule has 0 fully saturated rings. The molecule has 2 aromatic carbocycles. The number of fused-ring (bicyclic) bond motifs is 1. The van der Waals surface area contributed by atoms with Gasteiger partial charge in [0, 0.05) is 18.3 Å². The number of cyclic esters (lactones) is 1. The first-order valence-electron chi connectivity index (χ1n) is 8.67. The zero-order valence-electron chi connectivity index (χ0n) is 16.0. The van der Waals surface area contributed by atoms with Crippen LogP contribution in [0.3, 0.4) is 0 Å². The van der Waals surface area contributed by atoms with Crippen LogP contribution >= 0.6 is 11.6 Å². The predicted molar refractivity (Wildman–Crippen MR) is 106 cm³/mol. The third-order valence-corrected chi connectivity index (χ3v) is 4.79. The van der Waals surface area contributed by atoms with Gasteiger partial charge >= 0.3 is 5.97 Å². The highest BCUT2D eigenvalue weighted by Gasteiger charge is 2.36. The molecule has 2 N–H and O–H groups in total. The van der Waals surface area contributed by atoms with Gasteiger partial charge in [-0.3, -0.25) is 9.59 Å². The number of rotatable bonds is 6. The molecule has 2 amide bonds. The number of methoxy groups -OCH3 is 2. The molecule has 0 unspecified atom stereocenters. The molecule has 0 spiro atoms. The number of carbonyl (C=O) groups is 3. The number of amides is 2. The van der Waals surface area contributed by atoms with Gasteiger partial charge in [-0.1, -0.05) is 17.7 Å². The van der Waals surface area contributed by atoms with Crippen molar-refractivity contribution < 1.29 is 28.6 Å². The average Bonchev–Trinajstić information content (AvgIpc) is 3.02. The van der Waals surface area contributed by atoms with Crippen LogP contribution in [0.25, 0.3) is 0 Å². The van der Waals surface area contributed by atoms with E-state index in [4.69, 9.17) is 25.8 Å². The van der Waals surface area contributed by atoms with Gasteiger partial charge in [0.1, 0.15) is 11.7 Å². The number of ether oxygens (including phenoxy) is 3. The van der Waals surface area contributed by atoms with Gasteiger partial charge in [0.15, 0.2) is 11.5 Å². The van der Waals surface area contributed by atoms with Crippen LogP contribution in [0.5, 0.6) is 11.5 Å². The number of benzene rings is 2. The summed E-state index contributed by atoms with van der Waals surface area (Å²) >= 11 is 6.10. The molecule has 0 aromatic heterocycles. The monoisotopic (exact) mass is 418 g/mol. The van der Waals surface area contributed by atoms with Crippen molar-refractivity contribution >= 4 is 35.1 Å². The zero-order chi connectivity index (χ0) is 21.1. The number of anilines is 1. The summed E-state index contributed by atoms with van der Waals surface area (Å²) in [6.45, 7) is 0. The van der Waals surface area contributed by atoms with Gasteiger partial charge in [-0.05, 0) is 24.3 Å². The maximum absolute atomic E-state index is 12.5. The highest BCUT2D eigenvalue weighted by molar-refractivity contribution is 6.34. The second kappa shape index (κ2) is 8.40. The molecule has 0 saturated carbocycles. The maximum Gasteiger partial charge on any atom is 0.343 e. The van der Waals surface area contributed by atoms with Gasteiger partial charge in [-0.15, -0.1) is 0 Å².